The van der Waals surface area contributed by atoms with Gasteiger partial charge >= 0.3 is 0 Å². The molecule has 4 rings (SSSR count). The van der Waals surface area contributed by atoms with Gasteiger partial charge in [0, 0.05) is 37.1 Å². The van der Waals surface area contributed by atoms with Crippen LogP contribution in [-0.4, -0.2) is 57.9 Å². The van der Waals surface area contributed by atoms with Crippen molar-refractivity contribution >= 4 is 23.5 Å². The topological polar surface area (TPSA) is 74.2 Å². The molecule has 0 bridgehead atoms. The van der Waals surface area contributed by atoms with Crippen LogP contribution in [0.1, 0.15) is 43.4 Å². The number of anilines is 3. The molecule has 1 atom stereocenters. The first-order valence-corrected chi connectivity index (χ1v) is 10.7. The monoisotopic (exact) mass is 470 g/mol. The molecule has 0 spiro atoms. The molecule has 2 aliphatic rings. The summed E-state index contributed by atoms with van der Waals surface area (Å²) in [5.74, 6) is -7.61. The minimum absolute atomic E-state index is 0.000389. The van der Waals surface area contributed by atoms with Gasteiger partial charge in [0.1, 0.15) is 5.82 Å². The van der Waals surface area contributed by atoms with Crippen molar-refractivity contribution in [3.8, 4) is 0 Å². The van der Waals surface area contributed by atoms with Gasteiger partial charge in [0.15, 0.2) is 17.5 Å². The van der Waals surface area contributed by atoms with Gasteiger partial charge in [-0.25, -0.2) is 22.5 Å². The Morgan fingerprint density at radius 3 is 2.58 bits per heavy atom. The molecule has 2 fully saturated rings. The molecule has 4 heterocycles. The quantitative estimate of drug-likeness (QED) is 0.528. The first kappa shape index (κ1) is 23.1. The zero-order valence-corrected chi connectivity index (χ0v) is 18.1. The first-order chi connectivity index (χ1) is 15.6. The van der Waals surface area contributed by atoms with Crippen molar-refractivity contribution in [3.63, 3.8) is 0 Å². The lowest BCUT2D eigenvalue weighted by Gasteiger charge is -2.39. The summed E-state index contributed by atoms with van der Waals surface area (Å²) in [6.07, 6.45) is 1.80. The number of hydrogen-bond donors (Lipinski definition) is 1. The molecule has 1 amide bonds. The fourth-order valence-electron chi connectivity index (χ4n) is 4.02. The van der Waals surface area contributed by atoms with Crippen LogP contribution >= 0.6 is 0 Å². The average Bonchev–Trinajstić information content (AvgIpc) is 2.78. The lowest BCUT2D eigenvalue weighted by atomic mass is 9.94. The third kappa shape index (κ3) is 4.69. The van der Waals surface area contributed by atoms with Crippen LogP contribution in [0.15, 0.2) is 6.07 Å². The van der Waals surface area contributed by atoms with E-state index in [-0.39, 0.29) is 23.6 Å². The lowest BCUT2D eigenvalue weighted by Crippen LogP contribution is -2.57. The molecule has 2 aromatic rings. The molecule has 0 aromatic carbocycles. The van der Waals surface area contributed by atoms with Gasteiger partial charge in [-0.2, -0.15) is 14.4 Å². The highest BCUT2D eigenvalue weighted by molar-refractivity contribution is 5.76. The molecule has 178 valence electrons. The molecule has 0 aliphatic carbocycles. The molecule has 0 saturated carbocycles. The summed E-state index contributed by atoms with van der Waals surface area (Å²) in [6.45, 7) is 2.71. The predicted molar refractivity (Wildman–Crippen MR) is 110 cm³/mol. The predicted octanol–water partition coefficient (Wildman–Crippen LogP) is 3.91. The molecule has 7 nitrogen and oxygen atoms in total. The number of carbonyl (C=O) groups excluding carboxylic acids is 1. The molecule has 12 heteroatoms. The van der Waals surface area contributed by atoms with E-state index in [0.717, 1.165) is 13.3 Å². The van der Waals surface area contributed by atoms with Crippen LogP contribution < -0.4 is 10.2 Å². The van der Waals surface area contributed by atoms with Gasteiger partial charge < -0.3 is 15.1 Å². The van der Waals surface area contributed by atoms with Crippen LogP contribution in [0.3, 0.4) is 0 Å². The molecule has 2 aliphatic heterocycles. The summed E-state index contributed by atoms with van der Waals surface area (Å²) in [7, 11) is 0. The smallest absolute Gasteiger partial charge is 0.282 e. The number of aromatic nitrogens is 3. The highest BCUT2D eigenvalue weighted by atomic mass is 19.3. The Hall–Kier alpha value is -3.05. The molecular weight excluding hydrogens is 447 g/mol. The minimum Gasteiger partial charge on any atom is -0.342 e. The Balaban J connectivity index is 1.68. The lowest BCUT2D eigenvalue weighted by molar-refractivity contribution is -0.132. The highest BCUT2D eigenvalue weighted by Crippen LogP contribution is 2.34. The van der Waals surface area contributed by atoms with E-state index in [1.54, 1.807) is 11.8 Å². The Morgan fingerprint density at radius 2 is 1.91 bits per heavy atom. The molecule has 1 N–H and O–H groups in total. The second kappa shape index (κ2) is 8.71. The fraction of sp³-hybridized carbons (Fsp3) is 0.524. The van der Waals surface area contributed by atoms with Crippen LogP contribution in [0.4, 0.5) is 39.5 Å². The Labute approximate surface area is 187 Å². The van der Waals surface area contributed by atoms with Crippen LogP contribution in [0.25, 0.3) is 0 Å². The van der Waals surface area contributed by atoms with Crippen LogP contribution in [-0.2, 0) is 4.79 Å². The van der Waals surface area contributed by atoms with Crippen molar-refractivity contribution in [1.29, 1.82) is 0 Å². The summed E-state index contributed by atoms with van der Waals surface area (Å²) in [6, 6.07) is 1.49. The Kier molecular flexibility index (Phi) is 6.10. The summed E-state index contributed by atoms with van der Waals surface area (Å²) < 4.78 is 68.7. The third-order valence-corrected chi connectivity index (χ3v) is 5.86. The maximum absolute atomic E-state index is 14.5. The van der Waals surface area contributed by atoms with Crippen molar-refractivity contribution in [2.75, 3.05) is 36.4 Å². The van der Waals surface area contributed by atoms with E-state index >= 15 is 0 Å². The largest absolute Gasteiger partial charge is 0.342 e. The van der Waals surface area contributed by atoms with Gasteiger partial charge in [-0.05, 0) is 19.8 Å². The van der Waals surface area contributed by atoms with E-state index < -0.39 is 48.0 Å². The Morgan fingerprint density at radius 1 is 1.18 bits per heavy atom. The van der Waals surface area contributed by atoms with Crippen LogP contribution in [0, 0.1) is 24.5 Å². The normalized spacial score (nSPS) is 19.9. The summed E-state index contributed by atoms with van der Waals surface area (Å²) >= 11 is 0. The van der Waals surface area contributed by atoms with Gasteiger partial charge in [-0.1, -0.05) is 6.92 Å². The summed E-state index contributed by atoms with van der Waals surface area (Å²) in [4.78, 5) is 27.0. The number of carbonyl (C=O) groups is 1. The molecule has 2 aromatic heterocycles. The molecule has 0 radical (unpaired) electrons. The van der Waals surface area contributed by atoms with Gasteiger partial charge in [-0.3, -0.25) is 4.79 Å². The number of likely N-dealkylation sites (tertiary alicyclic amines) is 1. The summed E-state index contributed by atoms with van der Waals surface area (Å²) in [5.41, 5.74) is -0.0751. The van der Waals surface area contributed by atoms with Crippen molar-refractivity contribution in [2.45, 2.75) is 45.0 Å². The molecular formula is C21H23F5N6O. The summed E-state index contributed by atoms with van der Waals surface area (Å²) in [5, 5.41) is 2.53. The number of nitrogens with one attached hydrogen (secondary N) is 1. The number of alkyl halides is 2. The minimum atomic E-state index is -2.87. The second-order valence-corrected chi connectivity index (χ2v) is 8.35. The van der Waals surface area contributed by atoms with Gasteiger partial charge in [0.25, 0.3) is 11.9 Å². The maximum atomic E-state index is 14.5. The number of pyridine rings is 1. The number of halogens is 5. The molecule has 2 saturated heterocycles. The van der Waals surface area contributed by atoms with Crippen LogP contribution in [0.2, 0.25) is 0 Å². The van der Waals surface area contributed by atoms with Crippen molar-refractivity contribution in [1.82, 2.24) is 19.9 Å². The zero-order valence-electron chi connectivity index (χ0n) is 18.1. The maximum Gasteiger partial charge on any atom is 0.282 e. The fourth-order valence-corrected chi connectivity index (χ4v) is 4.02. The Bertz CT molecular complexity index is 1070. The standard InChI is InChI=1S/C21H23F5N6O/c1-3-15(33)31-6-4-5-12(8-31)13-7-14(29-20(27-13)32-9-21(25,26)10-32)28-19-17(23)11(2)16(22)18(24)30-19/h7,12H,3-6,8-10H2,1-2H3,(H,27,28,29,30). The van der Waals surface area contributed by atoms with E-state index in [1.165, 1.54) is 11.0 Å². The number of rotatable bonds is 5. The number of hydrogen-bond acceptors (Lipinski definition) is 6. The van der Waals surface area contributed by atoms with E-state index in [2.05, 4.69) is 20.3 Å². The zero-order chi connectivity index (χ0) is 23.9. The number of amides is 1. The third-order valence-electron chi connectivity index (χ3n) is 5.86. The van der Waals surface area contributed by atoms with E-state index in [1.807, 2.05) is 0 Å². The van der Waals surface area contributed by atoms with Gasteiger partial charge in [0.2, 0.25) is 11.9 Å². The molecule has 33 heavy (non-hydrogen) atoms. The van der Waals surface area contributed by atoms with Gasteiger partial charge in [0.05, 0.1) is 18.8 Å². The van der Waals surface area contributed by atoms with Crippen molar-refractivity contribution in [2.24, 2.45) is 0 Å². The SMILES string of the molecule is CCC(=O)N1CCCC(c2cc(Nc3nc(F)c(F)c(C)c3F)nc(N3CC(F)(F)C3)n2)C1. The van der Waals surface area contributed by atoms with Crippen LogP contribution in [0.5, 0.6) is 0 Å². The number of piperidine rings is 1. The van der Waals surface area contributed by atoms with Crippen molar-refractivity contribution < 1.29 is 26.7 Å². The van der Waals surface area contributed by atoms with Crippen molar-refractivity contribution in [3.05, 3.63) is 34.9 Å². The van der Waals surface area contributed by atoms with E-state index in [4.69, 9.17) is 0 Å². The van der Waals surface area contributed by atoms with Gasteiger partial charge in [-0.15, -0.1) is 0 Å². The average molecular weight is 470 g/mol. The van der Waals surface area contributed by atoms with E-state index in [9.17, 15) is 26.7 Å². The first-order valence-electron chi connectivity index (χ1n) is 10.7. The number of nitrogens with zero attached hydrogens (tertiary/aromatic N) is 5. The second-order valence-electron chi connectivity index (χ2n) is 8.35. The highest BCUT2D eigenvalue weighted by Gasteiger charge is 2.45. The molecule has 1 unspecified atom stereocenters. The van der Waals surface area contributed by atoms with E-state index in [0.29, 0.717) is 31.6 Å².